The Hall–Kier alpha value is -2.37. The molecule has 6 heteroatoms. The van der Waals surface area contributed by atoms with E-state index >= 15 is 0 Å². The first kappa shape index (κ1) is 16.5. The van der Waals surface area contributed by atoms with Crippen molar-refractivity contribution in [1.29, 1.82) is 0 Å². The molecule has 0 spiro atoms. The van der Waals surface area contributed by atoms with Crippen molar-refractivity contribution >= 4 is 46.6 Å². The van der Waals surface area contributed by atoms with Gasteiger partial charge in [-0.3, -0.25) is 9.69 Å². The molecule has 0 saturated carbocycles. The van der Waals surface area contributed by atoms with E-state index in [0.29, 0.717) is 33.9 Å². The Morgan fingerprint density at radius 2 is 1.92 bits per heavy atom. The molecule has 4 nitrogen and oxygen atoms in total. The van der Waals surface area contributed by atoms with Crippen molar-refractivity contribution in [3.05, 3.63) is 64.8 Å². The Morgan fingerprint density at radius 1 is 1.21 bits per heavy atom. The van der Waals surface area contributed by atoms with Gasteiger partial charge in [0.2, 0.25) is 0 Å². The Labute approximate surface area is 150 Å². The van der Waals surface area contributed by atoms with E-state index in [1.165, 1.54) is 4.90 Å². The smallest absolute Gasteiger partial charge is 0.281 e. The summed E-state index contributed by atoms with van der Waals surface area (Å²) in [5.74, 6) is 0.462. The SMILES string of the molecule is CCOc1ccccc1/C=C1\NC(=S)N(c2ccccc2Cl)C1=O. The molecule has 2 aromatic carbocycles. The van der Waals surface area contributed by atoms with Crippen molar-refractivity contribution in [2.45, 2.75) is 6.92 Å². The second-order valence-electron chi connectivity index (χ2n) is 5.05. The highest BCUT2D eigenvalue weighted by atomic mass is 35.5. The minimum atomic E-state index is -0.251. The van der Waals surface area contributed by atoms with Gasteiger partial charge >= 0.3 is 0 Å². The molecule has 1 amide bonds. The first-order valence-electron chi connectivity index (χ1n) is 7.45. The van der Waals surface area contributed by atoms with E-state index in [0.717, 1.165) is 5.56 Å². The molecule has 0 aromatic heterocycles. The first-order valence-corrected chi connectivity index (χ1v) is 8.24. The van der Waals surface area contributed by atoms with Crippen LogP contribution in [0.5, 0.6) is 5.75 Å². The van der Waals surface area contributed by atoms with Crippen LogP contribution in [0, 0.1) is 0 Å². The van der Waals surface area contributed by atoms with Gasteiger partial charge in [-0.15, -0.1) is 0 Å². The lowest BCUT2D eigenvalue weighted by molar-refractivity contribution is -0.113. The van der Waals surface area contributed by atoms with Gasteiger partial charge in [-0.2, -0.15) is 0 Å². The fourth-order valence-corrected chi connectivity index (χ4v) is 2.94. The lowest BCUT2D eigenvalue weighted by atomic mass is 10.1. The summed E-state index contributed by atoms with van der Waals surface area (Å²) in [6.07, 6.45) is 1.73. The van der Waals surface area contributed by atoms with Crippen LogP contribution in [0.2, 0.25) is 5.02 Å². The van der Waals surface area contributed by atoms with E-state index in [1.54, 1.807) is 24.3 Å². The van der Waals surface area contributed by atoms with Crippen molar-refractivity contribution in [3.8, 4) is 5.75 Å². The number of nitrogens with one attached hydrogen (secondary N) is 1. The van der Waals surface area contributed by atoms with Crippen LogP contribution in [0.4, 0.5) is 5.69 Å². The summed E-state index contributed by atoms with van der Waals surface area (Å²) in [5, 5.41) is 3.72. The fraction of sp³-hybridized carbons (Fsp3) is 0.111. The molecule has 0 unspecified atom stereocenters. The van der Waals surface area contributed by atoms with Crippen LogP contribution in [-0.2, 0) is 4.79 Å². The molecular weight excluding hydrogens is 344 g/mol. The van der Waals surface area contributed by atoms with E-state index in [4.69, 9.17) is 28.6 Å². The zero-order chi connectivity index (χ0) is 17.1. The van der Waals surface area contributed by atoms with Gasteiger partial charge < -0.3 is 10.1 Å². The van der Waals surface area contributed by atoms with Gasteiger partial charge in [0, 0.05) is 5.56 Å². The Bertz CT molecular complexity index is 835. The summed E-state index contributed by atoms with van der Waals surface area (Å²) in [6, 6.07) is 14.6. The Morgan fingerprint density at radius 3 is 2.67 bits per heavy atom. The Kier molecular flexibility index (Phi) is 4.83. The molecule has 0 atom stereocenters. The standard InChI is InChI=1S/C18H15ClN2O2S/c1-2-23-16-10-6-3-7-12(16)11-14-17(22)21(18(24)20-14)15-9-5-4-8-13(15)19/h3-11H,2H2,1H3,(H,20,24)/b14-11-. The molecule has 122 valence electrons. The molecule has 1 aliphatic heterocycles. The number of carbonyl (C=O) groups excluding carboxylic acids is 1. The molecule has 1 heterocycles. The average Bonchev–Trinajstić information content (AvgIpc) is 2.84. The van der Waals surface area contributed by atoms with Crippen molar-refractivity contribution in [2.75, 3.05) is 11.5 Å². The molecular formula is C18H15ClN2O2S. The lowest BCUT2D eigenvalue weighted by Crippen LogP contribution is -2.30. The predicted molar refractivity (Wildman–Crippen MR) is 100 cm³/mol. The maximum Gasteiger partial charge on any atom is 0.281 e. The minimum Gasteiger partial charge on any atom is -0.493 e. The van der Waals surface area contributed by atoms with Gasteiger partial charge in [0.25, 0.3) is 5.91 Å². The van der Waals surface area contributed by atoms with Gasteiger partial charge in [0.05, 0.1) is 17.3 Å². The zero-order valence-corrected chi connectivity index (χ0v) is 14.5. The van der Waals surface area contributed by atoms with Crippen LogP contribution in [0.15, 0.2) is 54.2 Å². The van der Waals surface area contributed by atoms with Crippen molar-refractivity contribution in [2.24, 2.45) is 0 Å². The van der Waals surface area contributed by atoms with Gasteiger partial charge in [-0.25, -0.2) is 0 Å². The third-order valence-electron chi connectivity index (χ3n) is 3.49. The molecule has 1 fully saturated rings. The number of nitrogens with zero attached hydrogens (tertiary/aromatic N) is 1. The Balaban J connectivity index is 1.96. The number of carbonyl (C=O) groups is 1. The number of halogens is 1. The zero-order valence-electron chi connectivity index (χ0n) is 13.0. The van der Waals surface area contributed by atoms with Crippen LogP contribution in [0.3, 0.4) is 0 Å². The first-order chi connectivity index (χ1) is 11.6. The maximum absolute atomic E-state index is 12.8. The molecule has 0 radical (unpaired) electrons. The average molecular weight is 359 g/mol. The van der Waals surface area contributed by atoms with Gasteiger partial charge in [-0.05, 0) is 43.4 Å². The van der Waals surface area contributed by atoms with Crippen LogP contribution in [-0.4, -0.2) is 17.6 Å². The quantitative estimate of drug-likeness (QED) is 0.662. The van der Waals surface area contributed by atoms with E-state index in [2.05, 4.69) is 5.32 Å². The van der Waals surface area contributed by atoms with Crippen molar-refractivity contribution in [1.82, 2.24) is 5.32 Å². The van der Waals surface area contributed by atoms with Crippen molar-refractivity contribution in [3.63, 3.8) is 0 Å². The summed E-state index contributed by atoms with van der Waals surface area (Å²) >= 11 is 11.5. The topological polar surface area (TPSA) is 41.6 Å². The van der Waals surface area contributed by atoms with Crippen LogP contribution in [0.25, 0.3) is 6.08 Å². The normalized spacial score (nSPS) is 15.8. The summed E-state index contributed by atoms with van der Waals surface area (Å²) < 4.78 is 5.59. The number of ether oxygens (including phenoxy) is 1. The highest BCUT2D eigenvalue weighted by Gasteiger charge is 2.33. The molecule has 3 rings (SSSR count). The molecule has 1 aliphatic rings. The van der Waals surface area contributed by atoms with Crippen molar-refractivity contribution < 1.29 is 9.53 Å². The second-order valence-corrected chi connectivity index (χ2v) is 5.84. The predicted octanol–water partition coefficient (Wildman–Crippen LogP) is 4.00. The number of hydrogen-bond donors (Lipinski definition) is 1. The van der Waals surface area contributed by atoms with Gasteiger partial charge in [-0.1, -0.05) is 41.9 Å². The van der Waals surface area contributed by atoms with E-state index < -0.39 is 0 Å². The molecule has 2 aromatic rings. The minimum absolute atomic E-state index is 0.251. The molecule has 0 bridgehead atoms. The molecule has 1 saturated heterocycles. The van der Waals surface area contributed by atoms with E-state index in [9.17, 15) is 4.79 Å². The third-order valence-corrected chi connectivity index (χ3v) is 4.09. The molecule has 0 aliphatic carbocycles. The number of amides is 1. The number of benzene rings is 2. The molecule has 24 heavy (non-hydrogen) atoms. The largest absolute Gasteiger partial charge is 0.493 e. The summed E-state index contributed by atoms with van der Waals surface area (Å²) in [4.78, 5) is 14.1. The third kappa shape index (κ3) is 3.13. The second kappa shape index (κ2) is 7.03. The highest BCUT2D eigenvalue weighted by molar-refractivity contribution is 7.80. The number of hydrogen-bond acceptors (Lipinski definition) is 3. The van der Waals surface area contributed by atoms with Crippen LogP contribution in [0.1, 0.15) is 12.5 Å². The summed E-state index contributed by atoms with van der Waals surface area (Å²) in [5.41, 5.74) is 1.74. The van der Waals surface area contributed by atoms with Crippen LogP contribution < -0.4 is 15.0 Å². The lowest BCUT2D eigenvalue weighted by Gasteiger charge is -2.15. The van der Waals surface area contributed by atoms with E-state index in [-0.39, 0.29) is 5.91 Å². The summed E-state index contributed by atoms with van der Waals surface area (Å²) in [6.45, 7) is 2.46. The van der Waals surface area contributed by atoms with Gasteiger partial charge in [0.15, 0.2) is 5.11 Å². The molecule has 1 N–H and O–H groups in total. The number of thiocarbonyl (C=S) groups is 1. The fourth-order valence-electron chi connectivity index (χ4n) is 2.43. The number of para-hydroxylation sites is 2. The van der Waals surface area contributed by atoms with Gasteiger partial charge in [0.1, 0.15) is 11.4 Å². The van der Waals surface area contributed by atoms with Crippen LogP contribution >= 0.6 is 23.8 Å². The maximum atomic E-state index is 12.8. The monoisotopic (exact) mass is 358 g/mol. The number of anilines is 1. The number of rotatable bonds is 4. The highest BCUT2D eigenvalue weighted by Crippen LogP contribution is 2.30. The van der Waals surface area contributed by atoms with E-state index in [1.807, 2.05) is 37.3 Å². The summed E-state index contributed by atoms with van der Waals surface area (Å²) in [7, 11) is 0.